The van der Waals surface area contributed by atoms with Crippen LogP contribution in [0.1, 0.15) is 30.0 Å². The number of hydrogen-bond acceptors (Lipinski definition) is 6. The number of carbonyl (C=O) groups is 3. The molecule has 8 nitrogen and oxygen atoms in total. The highest BCUT2D eigenvalue weighted by molar-refractivity contribution is 8.01. The van der Waals surface area contributed by atoms with Gasteiger partial charge in [0.2, 0.25) is 5.91 Å². The molecule has 4 rings (SSSR count). The maximum Gasteiger partial charge on any atom is 0.407 e. The van der Waals surface area contributed by atoms with Gasteiger partial charge in [0, 0.05) is 6.54 Å². The van der Waals surface area contributed by atoms with Gasteiger partial charge in [-0.1, -0.05) is 60.7 Å². The SMILES string of the molecule is C=CCCOC(=O)N[C@@H](Cc1ccccc1)[C@H](O)C(=O)N1CSC2(C)[C@H]1C(=O)N2Cc1ccccc1C. The van der Waals surface area contributed by atoms with E-state index < -0.39 is 35.1 Å². The van der Waals surface area contributed by atoms with Gasteiger partial charge in [0.1, 0.15) is 10.9 Å². The maximum absolute atomic E-state index is 13.5. The molecule has 2 saturated heterocycles. The van der Waals surface area contributed by atoms with Gasteiger partial charge in [-0.25, -0.2) is 4.79 Å². The number of fused-ring (bicyclic) bond motifs is 1. The molecule has 0 saturated carbocycles. The third-order valence-electron chi connectivity index (χ3n) is 7.01. The molecule has 37 heavy (non-hydrogen) atoms. The normalized spacial score (nSPS) is 22.0. The van der Waals surface area contributed by atoms with E-state index in [2.05, 4.69) is 11.9 Å². The van der Waals surface area contributed by atoms with Crippen LogP contribution < -0.4 is 5.32 Å². The first-order valence-corrected chi connectivity index (χ1v) is 13.3. The molecule has 9 heteroatoms. The van der Waals surface area contributed by atoms with Gasteiger partial charge in [-0.15, -0.1) is 18.3 Å². The number of carbonyl (C=O) groups excluding carboxylic acids is 3. The Morgan fingerprint density at radius 2 is 1.95 bits per heavy atom. The lowest BCUT2D eigenvalue weighted by Crippen LogP contribution is -2.73. The topological polar surface area (TPSA) is 99.2 Å². The van der Waals surface area contributed by atoms with Gasteiger partial charge >= 0.3 is 6.09 Å². The van der Waals surface area contributed by atoms with Crippen LogP contribution in [0.5, 0.6) is 0 Å². The zero-order valence-corrected chi connectivity index (χ0v) is 21.9. The van der Waals surface area contributed by atoms with Crippen LogP contribution in [0.25, 0.3) is 0 Å². The summed E-state index contributed by atoms with van der Waals surface area (Å²) in [5.74, 6) is -0.459. The number of nitrogens with one attached hydrogen (secondary N) is 1. The lowest BCUT2D eigenvalue weighted by Gasteiger charge is -2.53. The lowest BCUT2D eigenvalue weighted by atomic mass is 9.91. The van der Waals surface area contributed by atoms with Crippen LogP contribution in [0.4, 0.5) is 4.79 Å². The smallest absolute Gasteiger partial charge is 0.407 e. The standard InChI is InChI=1S/C28H33N3O5S/c1-4-5-15-36-27(35)29-22(16-20-12-7-6-8-13-20)23(32)25(33)30-18-37-28(3)24(30)26(34)31(28)17-21-14-10-9-11-19(21)2/h4,6-14,22-24,32H,1,5,15-18H2,2-3H3,(H,29,35)/t22-,23-,24+,28?/m0/s1. The van der Waals surface area contributed by atoms with Gasteiger partial charge in [-0.3, -0.25) is 9.59 Å². The average molecular weight is 524 g/mol. The van der Waals surface area contributed by atoms with Gasteiger partial charge in [-0.05, 0) is 43.4 Å². The summed E-state index contributed by atoms with van der Waals surface area (Å²) in [6.45, 7) is 8.17. The van der Waals surface area contributed by atoms with Gasteiger partial charge < -0.3 is 25.0 Å². The number of rotatable bonds is 10. The number of nitrogens with zero attached hydrogens (tertiary/aromatic N) is 2. The average Bonchev–Trinajstić information content (AvgIpc) is 3.21. The summed E-state index contributed by atoms with van der Waals surface area (Å²) < 4.78 is 5.15. The molecule has 2 aliphatic rings. The summed E-state index contributed by atoms with van der Waals surface area (Å²) in [6.07, 6.45) is 0.0750. The molecule has 2 aliphatic heterocycles. The van der Waals surface area contributed by atoms with Crippen molar-refractivity contribution in [2.75, 3.05) is 12.5 Å². The van der Waals surface area contributed by atoms with Crippen LogP contribution in [-0.4, -0.2) is 68.4 Å². The second-order valence-electron chi connectivity index (χ2n) is 9.49. The number of alkyl carbamates (subject to hydrolysis) is 1. The molecular formula is C28H33N3O5S. The van der Waals surface area contributed by atoms with Crippen molar-refractivity contribution >= 4 is 29.7 Å². The Kier molecular flexibility index (Phi) is 8.24. The number of aryl methyl sites for hydroxylation is 1. The van der Waals surface area contributed by atoms with Crippen molar-refractivity contribution in [3.63, 3.8) is 0 Å². The molecule has 2 fully saturated rings. The van der Waals surface area contributed by atoms with E-state index in [0.717, 1.165) is 16.7 Å². The fourth-order valence-corrected chi connectivity index (χ4v) is 6.17. The monoisotopic (exact) mass is 523 g/mol. The quantitative estimate of drug-likeness (QED) is 0.282. The number of hydrogen-bond donors (Lipinski definition) is 2. The molecule has 196 valence electrons. The second kappa shape index (κ2) is 11.4. The van der Waals surface area contributed by atoms with E-state index in [0.29, 0.717) is 13.0 Å². The minimum atomic E-state index is -1.55. The van der Waals surface area contributed by atoms with Gasteiger partial charge in [0.15, 0.2) is 6.10 Å². The first-order chi connectivity index (χ1) is 17.8. The van der Waals surface area contributed by atoms with E-state index in [1.807, 2.05) is 68.4 Å². The number of aliphatic hydroxyl groups excluding tert-OH is 1. The number of ether oxygens (including phenoxy) is 1. The van der Waals surface area contributed by atoms with E-state index in [-0.39, 0.29) is 24.8 Å². The fourth-order valence-electron chi connectivity index (χ4n) is 4.79. The van der Waals surface area contributed by atoms with Gasteiger partial charge in [0.25, 0.3) is 5.91 Å². The molecule has 0 aliphatic carbocycles. The Labute approximate surface area is 221 Å². The van der Waals surface area contributed by atoms with E-state index >= 15 is 0 Å². The minimum Gasteiger partial charge on any atom is -0.449 e. The Morgan fingerprint density at radius 1 is 1.24 bits per heavy atom. The molecule has 3 amide bonds. The predicted octanol–water partition coefficient (Wildman–Crippen LogP) is 3.23. The molecule has 0 radical (unpaired) electrons. The zero-order chi connectivity index (χ0) is 26.6. The summed E-state index contributed by atoms with van der Waals surface area (Å²) in [4.78, 5) is 41.8. The largest absolute Gasteiger partial charge is 0.449 e. The Hall–Kier alpha value is -3.30. The molecular weight excluding hydrogens is 490 g/mol. The van der Waals surface area contributed by atoms with Crippen LogP contribution in [0.15, 0.2) is 67.3 Å². The van der Waals surface area contributed by atoms with Crippen molar-refractivity contribution in [1.29, 1.82) is 0 Å². The van der Waals surface area contributed by atoms with Crippen LogP contribution >= 0.6 is 11.8 Å². The first kappa shape index (κ1) is 26.8. The lowest BCUT2D eigenvalue weighted by molar-refractivity contribution is -0.168. The molecule has 0 bridgehead atoms. The van der Waals surface area contributed by atoms with Crippen LogP contribution in [0.3, 0.4) is 0 Å². The molecule has 0 aromatic heterocycles. The summed E-state index contributed by atoms with van der Waals surface area (Å²) in [6, 6.07) is 15.6. The highest BCUT2D eigenvalue weighted by Crippen LogP contribution is 2.51. The van der Waals surface area contributed by atoms with Crippen LogP contribution in [-0.2, 0) is 27.3 Å². The molecule has 1 unspecified atom stereocenters. The van der Waals surface area contributed by atoms with Crippen molar-refractivity contribution in [1.82, 2.24) is 15.1 Å². The van der Waals surface area contributed by atoms with Crippen molar-refractivity contribution in [2.24, 2.45) is 0 Å². The summed E-state index contributed by atoms with van der Waals surface area (Å²) in [5, 5.41) is 13.8. The number of benzene rings is 2. The number of thioether (sulfide) groups is 1. The van der Waals surface area contributed by atoms with E-state index in [1.165, 1.54) is 16.7 Å². The Morgan fingerprint density at radius 3 is 2.65 bits per heavy atom. The number of amides is 3. The predicted molar refractivity (Wildman–Crippen MR) is 142 cm³/mol. The molecule has 2 heterocycles. The van der Waals surface area contributed by atoms with Crippen molar-refractivity contribution < 1.29 is 24.2 Å². The van der Waals surface area contributed by atoms with Crippen LogP contribution in [0.2, 0.25) is 0 Å². The third-order valence-corrected chi connectivity index (χ3v) is 8.45. The molecule has 2 aromatic carbocycles. The molecule has 2 N–H and O–H groups in total. The van der Waals surface area contributed by atoms with E-state index in [1.54, 1.807) is 11.0 Å². The number of aliphatic hydroxyl groups is 1. The number of β-lactam (4-membered cyclic amide) rings is 1. The van der Waals surface area contributed by atoms with Crippen molar-refractivity contribution in [3.8, 4) is 0 Å². The van der Waals surface area contributed by atoms with Gasteiger partial charge in [0.05, 0.1) is 18.5 Å². The molecule has 0 spiro atoms. The third kappa shape index (κ3) is 5.52. The Bertz CT molecular complexity index is 1160. The highest BCUT2D eigenvalue weighted by Gasteiger charge is 2.65. The Balaban J connectivity index is 1.47. The summed E-state index contributed by atoms with van der Waals surface area (Å²) in [5.41, 5.74) is 3.00. The molecule has 2 aromatic rings. The first-order valence-electron chi connectivity index (χ1n) is 12.3. The van der Waals surface area contributed by atoms with Crippen molar-refractivity contribution in [2.45, 2.75) is 56.3 Å². The summed E-state index contributed by atoms with van der Waals surface area (Å²) in [7, 11) is 0. The summed E-state index contributed by atoms with van der Waals surface area (Å²) >= 11 is 1.51. The number of likely N-dealkylation sites (tertiary alicyclic amines) is 1. The van der Waals surface area contributed by atoms with Crippen LogP contribution in [0, 0.1) is 6.92 Å². The fraction of sp³-hybridized carbons (Fsp3) is 0.393. The second-order valence-corrected chi connectivity index (χ2v) is 10.9. The maximum atomic E-state index is 13.5. The molecule has 4 atom stereocenters. The minimum absolute atomic E-state index is 0.145. The zero-order valence-electron chi connectivity index (χ0n) is 21.1. The van der Waals surface area contributed by atoms with Gasteiger partial charge in [-0.2, -0.15) is 0 Å². The van der Waals surface area contributed by atoms with Crippen molar-refractivity contribution in [3.05, 3.63) is 83.9 Å². The van der Waals surface area contributed by atoms with E-state index in [9.17, 15) is 19.5 Å². The van der Waals surface area contributed by atoms with E-state index in [4.69, 9.17) is 4.74 Å². The highest BCUT2D eigenvalue weighted by atomic mass is 32.2.